The first-order valence-electron chi connectivity index (χ1n) is 10.6. The molecule has 0 spiro atoms. The smallest absolute Gasteiger partial charge is 0.309 e. The summed E-state index contributed by atoms with van der Waals surface area (Å²) in [5, 5.41) is 19.9. The van der Waals surface area contributed by atoms with Crippen molar-refractivity contribution in [3.8, 4) is 22.9 Å². The third-order valence-corrected chi connectivity index (χ3v) is 6.23. The number of rotatable bonds is 6. The van der Waals surface area contributed by atoms with Crippen molar-refractivity contribution in [3.63, 3.8) is 0 Å². The number of aliphatic hydroxyl groups is 1. The Hall–Kier alpha value is -3.30. The lowest BCUT2D eigenvalue weighted by Crippen LogP contribution is -2.22. The zero-order valence-corrected chi connectivity index (χ0v) is 19.5. The molecule has 8 nitrogen and oxygen atoms in total. The molecule has 0 radical (unpaired) electrons. The number of pyridine rings is 1. The number of aromatic nitrogens is 3. The molecule has 0 fully saturated rings. The summed E-state index contributed by atoms with van der Waals surface area (Å²) in [4.78, 5) is 24.4. The molecule has 2 aromatic heterocycles. The summed E-state index contributed by atoms with van der Waals surface area (Å²) in [6.45, 7) is 3.10. The van der Waals surface area contributed by atoms with Crippen LogP contribution in [0.3, 0.4) is 0 Å². The summed E-state index contributed by atoms with van der Waals surface area (Å²) in [6, 6.07) is 4.73. The molecule has 0 saturated carbocycles. The lowest BCUT2D eigenvalue weighted by Gasteiger charge is -2.28. The topological polar surface area (TPSA) is 115 Å². The monoisotopic (exact) mass is 487 g/mol. The number of ether oxygens (including phenoxy) is 2. The van der Waals surface area contributed by atoms with Crippen molar-refractivity contribution in [1.82, 2.24) is 15.0 Å². The number of hydrogen-bond donors (Lipinski definition) is 2. The maximum atomic E-state index is 15.3. The van der Waals surface area contributed by atoms with Gasteiger partial charge in [0.05, 0.1) is 47.9 Å². The van der Waals surface area contributed by atoms with Crippen molar-refractivity contribution < 1.29 is 28.9 Å². The van der Waals surface area contributed by atoms with Crippen LogP contribution in [0.5, 0.6) is 11.6 Å². The van der Waals surface area contributed by atoms with Gasteiger partial charge in [-0.3, -0.25) is 9.78 Å². The number of fused-ring (bicyclic) bond motifs is 1. The summed E-state index contributed by atoms with van der Waals surface area (Å²) in [5.41, 5.74) is 2.81. The first-order valence-corrected chi connectivity index (χ1v) is 11.0. The van der Waals surface area contributed by atoms with Crippen LogP contribution >= 0.6 is 11.6 Å². The fraction of sp³-hybridized carbons (Fsp3) is 0.333. The first kappa shape index (κ1) is 23.8. The van der Waals surface area contributed by atoms with Gasteiger partial charge in [0.25, 0.3) is 0 Å². The van der Waals surface area contributed by atoms with Crippen molar-refractivity contribution in [3.05, 3.63) is 63.9 Å². The Morgan fingerprint density at radius 2 is 2.09 bits per heavy atom. The van der Waals surface area contributed by atoms with E-state index in [1.165, 1.54) is 26.3 Å². The van der Waals surface area contributed by atoms with Gasteiger partial charge in [-0.2, -0.15) is 0 Å². The van der Waals surface area contributed by atoms with E-state index >= 15 is 4.39 Å². The Kier molecular flexibility index (Phi) is 6.67. The average molecular weight is 488 g/mol. The fourth-order valence-electron chi connectivity index (χ4n) is 3.91. The van der Waals surface area contributed by atoms with Gasteiger partial charge >= 0.3 is 5.97 Å². The highest BCUT2D eigenvalue weighted by molar-refractivity contribution is 6.33. The molecule has 0 bridgehead atoms. The maximum Gasteiger partial charge on any atom is 0.309 e. The third-order valence-electron chi connectivity index (χ3n) is 5.93. The van der Waals surface area contributed by atoms with E-state index in [1.54, 1.807) is 25.3 Å². The van der Waals surface area contributed by atoms with E-state index in [1.807, 2.05) is 0 Å². The van der Waals surface area contributed by atoms with Gasteiger partial charge in [0, 0.05) is 17.2 Å². The van der Waals surface area contributed by atoms with Gasteiger partial charge in [0.15, 0.2) is 11.6 Å². The normalized spacial score (nSPS) is 16.8. The molecule has 3 aromatic rings. The second-order valence-electron chi connectivity index (χ2n) is 8.11. The lowest BCUT2D eigenvalue weighted by molar-refractivity contribution is -0.145. The maximum absolute atomic E-state index is 15.3. The molecule has 1 unspecified atom stereocenters. The molecular weight excluding hydrogens is 465 g/mol. The van der Waals surface area contributed by atoms with Crippen molar-refractivity contribution in [2.24, 2.45) is 5.92 Å². The molecular formula is C24H23ClFN3O5. The highest BCUT2D eigenvalue weighted by atomic mass is 35.5. The van der Waals surface area contributed by atoms with E-state index in [0.717, 1.165) is 0 Å². The minimum Gasteiger partial charge on any atom is -0.481 e. The highest BCUT2D eigenvalue weighted by Gasteiger charge is 2.32. The molecule has 1 aromatic carbocycles. The Labute approximate surface area is 200 Å². The molecule has 3 atom stereocenters. The number of aryl methyl sites for hydroxylation is 2. The quantitative estimate of drug-likeness (QED) is 0.523. The Bertz CT molecular complexity index is 1260. The molecule has 0 amide bonds. The molecule has 34 heavy (non-hydrogen) atoms. The van der Waals surface area contributed by atoms with Crippen LogP contribution in [0.2, 0.25) is 5.02 Å². The number of aliphatic carboxylic acids is 1. The van der Waals surface area contributed by atoms with Crippen LogP contribution in [0.15, 0.2) is 30.6 Å². The number of carbonyl (C=O) groups is 1. The second-order valence-corrected chi connectivity index (χ2v) is 8.51. The van der Waals surface area contributed by atoms with E-state index in [-0.39, 0.29) is 11.3 Å². The average Bonchev–Trinajstić information content (AvgIpc) is 2.83. The largest absolute Gasteiger partial charge is 0.481 e. The number of hydrogen-bond acceptors (Lipinski definition) is 7. The van der Waals surface area contributed by atoms with Crippen LogP contribution in [0.4, 0.5) is 4.39 Å². The van der Waals surface area contributed by atoms with Crippen LogP contribution in [-0.2, 0) is 11.2 Å². The van der Waals surface area contributed by atoms with Crippen molar-refractivity contribution in [2.45, 2.75) is 38.9 Å². The van der Waals surface area contributed by atoms with Crippen LogP contribution in [-0.4, -0.2) is 38.2 Å². The molecule has 1 aliphatic rings. The molecule has 10 heteroatoms. The molecule has 3 heterocycles. The Morgan fingerprint density at radius 1 is 1.32 bits per heavy atom. The summed E-state index contributed by atoms with van der Waals surface area (Å²) in [5.74, 6) is -2.77. The number of nitrogens with zero attached hydrogens (tertiary/aromatic N) is 3. The fourth-order valence-corrected chi connectivity index (χ4v) is 4.11. The summed E-state index contributed by atoms with van der Waals surface area (Å²) < 4.78 is 26.4. The van der Waals surface area contributed by atoms with Crippen LogP contribution in [0.1, 0.15) is 48.1 Å². The highest BCUT2D eigenvalue weighted by Crippen LogP contribution is 2.40. The van der Waals surface area contributed by atoms with Gasteiger partial charge < -0.3 is 19.7 Å². The minimum absolute atomic E-state index is 0.00224. The third kappa shape index (κ3) is 4.41. The SMILES string of the molecule is COc1cc(-c2cnc(C3CCc4ccc([C@H](O)[C@H](C)C(=O)O)c(F)c4O3)c(C)n2)c(Cl)cn1. The lowest BCUT2D eigenvalue weighted by atomic mass is 9.92. The molecule has 0 aliphatic carbocycles. The number of carboxylic acids is 1. The molecule has 178 valence electrons. The molecule has 0 saturated heterocycles. The second kappa shape index (κ2) is 9.52. The zero-order valence-electron chi connectivity index (χ0n) is 18.7. The van der Waals surface area contributed by atoms with Gasteiger partial charge in [-0.05, 0) is 32.3 Å². The van der Waals surface area contributed by atoms with E-state index in [0.29, 0.717) is 52.0 Å². The van der Waals surface area contributed by atoms with Crippen molar-refractivity contribution in [2.75, 3.05) is 7.11 Å². The molecule has 2 N–H and O–H groups in total. The van der Waals surface area contributed by atoms with Crippen LogP contribution < -0.4 is 9.47 Å². The number of benzene rings is 1. The van der Waals surface area contributed by atoms with Gasteiger partial charge in [-0.1, -0.05) is 23.7 Å². The minimum atomic E-state index is -1.50. The van der Waals surface area contributed by atoms with Gasteiger partial charge in [-0.15, -0.1) is 0 Å². The zero-order chi connectivity index (χ0) is 24.6. The van der Waals surface area contributed by atoms with Crippen molar-refractivity contribution in [1.29, 1.82) is 0 Å². The van der Waals surface area contributed by atoms with Gasteiger partial charge in [0.1, 0.15) is 11.8 Å². The van der Waals surface area contributed by atoms with Crippen molar-refractivity contribution >= 4 is 17.6 Å². The number of halogens is 2. The first-order chi connectivity index (χ1) is 16.2. The number of methoxy groups -OCH3 is 1. The van der Waals surface area contributed by atoms with Crippen LogP contribution in [0, 0.1) is 18.7 Å². The van der Waals surface area contributed by atoms with Gasteiger partial charge in [-0.25, -0.2) is 14.4 Å². The Morgan fingerprint density at radius 3 is 2.76 bits per heavy atom. The van der Waals surface area contributed by atoms with Gasteiger partial charge in [0.2, 0.25) is 5.88 Å². The number of carboxylic acid groups (broad SMARTS) is 1. The number of aliphatic hydroxyl groups excluding tert-OH is 1. The predicted molar refractivity (Wildman–Crippen MR) is 121 cm³/mol. The van der Waals surface area contributed by atoms with E-state index in [9.17, 15) is 9.90 Å². The molecule has 4 rings (SSSR count). The summed E-state index contributed by atoms with van der Waals surface area (Å²) in [7, 11) is 1.50. The van der Waals surface area contributed by atoms with Crippen LogP contribution in [0.25, 0.3) is 11.3 Å². The summed E-state index contributed by atoms with van der Waals surface area (Å²) in [6.07, 6.45) is 2.05. The standard InChI is InChI=1S/C24H23ClFN3O5/c1-11(24(31)32)22(30)14-6-4-13-5-7-18(34-23(13)20(14)26)21-12(2)29-17(10-28-21)15-8-19(33-3)27-9-16(15)25/h4,6,8-11,18,22,30H,5,7H2,1-3H3,(H,31,32)/t11-,18?,22+/m0/s1. The Balaban J connectivity index is 1.64. The van der Waals surface area contributed by atoms with E-state index in [4.69, 9.17) is 26.2 Å². The van der Waals surface area contributed by atoms with E-state index in [2.05, 4.69) is 15.0 Å². The van der Waals surface area contributed by atoms with E-state index < -0.39 is 29.9 Å². The summed E-state index contributed by atoms with van der Waals surface area (Å²) >= 11 is 6.27. The molecule has 1 aliphatic heterocycles. The predicted octanol–water partition coefficient (Wildman–Crippen LogP) is 4.47.